The number of hydrogen-bond acceptors (Lipinski definition) is 2. The summed E-state index contributed by atoms with van der Waals surface area (Å²) in [6.07, 6.45) is 1.82. The third kappa shape index (κ3) is 2.35. The predicted octanol–water partition coefficient (Wildman–Crippen LogP) is 3.03. The molecule has 0 atom stereocenters. The lowest BCUT2D eigenvalue weighted by Crippen LogP contribution is -2.29. The average molecular weight is 250 g/mol. The molecule has 0 saturated carbocycles. The second-order valence-corrected chi connectivity index (χ2v) is 5.19. The molecule has 90 valence electrons. The van der Waals surface area contributed by atoms with E-state index in [2.05, 4.69) is 5.10 Å². The van der Waals surface area contributed by atoms with Gasteiger partial charge in [0.1, 0.15) is 0 Å². The first kappa shape index (κ1) is 12.1. The van der Waals surface area contributed by atoms with E-state index in [-0.39, 0.29) is 5.54 Å². The molecule has 17 heavy (non-hydrogen) atoms. The van der Waals surface area contributed by atoms with E-state index in [1.54, 1.807) is 0 Å². The topological polar surface area (TPSA) is 43.8 Å². The van der Waals surface area contributed by atoms with Crippen LogP contribution in [0.3, 0.4) is 0 Å². The second-order valence-electron chi connectivity index (χ2n) is 4.76. The van der Waals surface area contributed by atoms with Crippen molar-refractivity contribution < 1.29 is 0 Å². The number of benzene rings is 1. The number of nitrogens with zero attached hydrogens (tertiary/aromatic N) is 2. The van der Waals surface area contributed by atoms with E-state index in [0.717, 1.165) is 16.9 Å². The van der Waals surface area contributed by atoms with E-state index in [4.69, 9.17) is 17.3 Å². The molecule has 4 heteroatoms. The SMILES string of the molecule is Cc1c(C(C)(C)N)cnn1-c1cccc(Cl)c1. The number of halogens is 1. The van der Waals surface area contributed by atoms with Gasteiger partial charge in [-0.3, -0.25) is 0 Å². The van der Waals surface area contributed by atoms with Crippen LogP contribution in [0.2, 0.25) is 5.02 Å². The number of rotatable bonds is 2. The van der Waals surface area contributed by atoms with E-state index in [0.29, 0.717) is 5.02 Å². The van der Waals surface area contributed by atoms with Crippen LogP contribution in [0, 0.1) is 6.92 Å². The first-order chi connectivity index (χ1) is 7.89. The average Bonchev–Trinajstić information content (AvgIpc) is 2.59. The molecule has 3 nitrogen and oxygen atoms in total. The molecule has 0 aliphatic carbocycles. The molecule has 0 aliphatic heterocycles. The van der Waals surface area contributed by atoms with Crippen molar-refractivity contribution in [2.75, 3.05) is 0 Å². The molecule has 2 aromatic rings. The molecule has 1 aromatic carbocycles. The van der Waals surface area contributed by atoms with Crippen molar-refractivity contribution in [2.45, 2.75) is 26.3 Å². The lowest BCUT2D eigenvalue weighted by atomic mass is 9.97. The van der Waals surface area contributed by atoms with Crippen LogP contribution in [0.4, 0.5) is 0 Å². The van der Waals surface area contributed by atoms with Crippen molar-refractivity contribution in [1.29, 1.82) is 0 Å². The van der Waals surface area contributed by atoms with E-state index >= 15 is 0 Å². The number of aromatic nitrogens is 2. The van der Waals surface area contributed by atoms with Crippen LogP contribution >= 0.6 is 11.6 Å². The third-order valence-electron chi connectivity index (χ3n) is 2.76. The molecule has 0 amide bonds. The zero-order valence-electron chi connectivity index (χ0n) is 10.2. The standard InChI is InChI=1S/C13H16ClN3/c1-9-12(13(2,3)15)8-16-17(9)11-6-4-5-10(14)7-11/h4-8H,15H2,1-3H3. The van der Waals surface area contributed by atoms with Gasteiger partial charge in [-0.25, -0.2) is 4.68 Å². The van der Waals surface area contributed by atoms with Gasteiger partial charge in [0.25, 0.3) is 0 Å². The van der Waals surface area contributed by atoms with Crippen LogP contribution in [0.5, 0.6) is 0 Å². The Morgan fingerprint density at radius 3 is 2.59 bits per heavy atom. The van der Waals surface area contributed by atoms with Crippen molar-refractivity contribution in [3.63, 3.8) is 0 Å². The third-order valence-corrected chi connectivity index (χ3v) is 2.99. The minimum Gasteiger partial charge on any atom is -0.322 e. The number of hydrogen-bond donors (Lipinski definition) is 1. The van der Waals surface area contributed by atoms with Crippen molar-refractivity contribution >= 4 is 11.6 Å². The zero-order chi connectivity index (χ0) is 12.6. The van der Waals surface area contributed by atoms with Gasteiger partial charge in [0.05, 0.1) is 11.9 Å². The van der Waals surface area contributed by atoms with E-state index < -0.39 is 0 Å². The van der Waals surface area contributed by atoms with E-state index in [9.17, 15) is 0 Å². The highest BCUT2D eigenvalue weighted by Gasteiger charge is 2.20. The smallest absolute Gasteiger partial charge is 0.0663 e. The van der Waals surface area contributed by atoms with Crippen LogP contribution in [-0.2, 0) is 5.54 Å². The predicted molar refractivity (Wildman–Crippen MR) is 70.5 cm³/mol. The molecule has 0 unspecified atom stereocenters. The molecule has 0 bridgehead atoms. The molecule has 2 rings (SSSR count). The Bertz CT molecular complexity index is 538. The molecule has 0 fully saturated rings. The Morgan fingerprint density at radius 2 is 2.06 bits per heavy atom. The molecular weight excluding hydrogens is 234 g/mol. The summed E-state index contributed by atoms with van der Waals surface area (Å²) in [5.41, 5.74) is 8.74. The molecule has 0 spiro atoms. The molecule has 1 aromatic heterocycles. The van der Waals surface area contributed by atoms with Gasteiger partial charge in [-0.2, -0.15) is 5.10 Å². The Morgan fingerprint density at radius 1 is 1.35 bits per heavy atom. The highest BCUT2D eigenvalue weighted by atomic mass is 35.5. The summed E-state index contributed by atoms with van der Waals surface area (Å²) in [6, 6.07) is 7.61. The minimum atomic E-state index is -0.388. The normalized spacial score (nSPS) is 11.8. The largest absolute Gasteiger partial charge is 0.322 e. The van der Waals surface area contributed by atoms with Crippen molar-refractivity contribution in [2.24, 2.45) is 5.73 Å². The number of nitrogens with two attached hydrogens (primary N) is 1. The first-order valence-electron chi connectivity index (χ1n) is 5.49. The van der Waals surface area contributed by atoms with E-state index in [1.807, 2.05) is 55.9 Å². The summed E-state index contributed by atoms with van der Waals surface area (Å²) in [5, 5.41) is 5.07. The van der Waals surface area contributed by atoms with Gasteiger partial charge < -0.3 is 5.73 Å². The van der Waals surface area contributed by atoms with Crippen LogP contribution in [-0.4, -0.2) is 9.78 Å². The maximum Gasteiger partial charge on any atom is 0.0663 e. The molecule has 2 N–H and O–H groups in total. The zero-order valence-corrected chi connectivity index (χ0v) is 11.0. The van der Waals surface area contributed by atoms with Crippen LogP contribution in [0.15, 0.2) is 30.5 Å². The van der Waals surface area contributed by atoms with Gasteiger partial charge in [-0.15, -0.1) is 0 Å². The van der Waals surface area contributed by atoms with Crippen LogP contribution < -0.4 is 5.73 Å². The van der Waals surface area contributed by atoms with Crippen molar-refractivity contribution in [1.82, 2.24) is 9.78 Å². The summed E-state index contributed by atoms with van der Waals surface area (Å²) in [7, 11) is 0. The van der Waals surface area contributed by atoms with Gasteiger partial charge >= 0.3 is 0 Å². The highest BCUT2D eigenvalue weighted by Crippen LogP contribution is 2.23. The Labute approximate surface area is 106 Å². The lowest BCUT2D eigenvalue weighted by Gasteiger charge is -2.18. The quantitative estimate of drug-likeness (QED) is 0.889. The highest BCUT2D eigenvalue weighted by molar-refractivity contribution is 6.30. The maximum atomic E-state index is 6.10. The van der Waals surface area contributed by atoms with Gasteiger partial charge in [0.2, 0.25) is 0 Å². The Kier molecular flexibility index (Phi) is 2.98. The molecular formula is C13H16ClN3. The first-order valence-corrected chi connectivity index (χ1v) is 5.87. The summed E-state index contributed by atoms with van der Waals surface area (Å²) < 4.78 is 1.86. The van der Waals surface area contributed by atoms with E-state index in [1.165, 1.54) is 0 Å². The lowest BCUT2D eigenvalue weighted by molar-refractivity contribution is 0.550. The van der Waals surface area contributed by atoms with Gasteiger partial charge in [0.15, 0.2) is 0 Å². The fraction of sp³-hybridized carbons (Fsp3) is 0.308. The summed E-state index contributed by atoms with van der Waals surface area (Å²) in [6.45, 7) is 5.95. The summed E-state index contributed by atoms with van der Waals surface area (Å²) >= 11 is 5.98. The van der Waals surface area contributed by atoms with Crippen LogP contribution in [0.1, 0.15) is 25.1 Å². The minimum absolute atomic E-state index is 0.388. The van der Waals surface area contributed by atoms with Gasteiger partial charge in [0, 0.05) is 21.8 Å². The van der Waals surface area contributed by atoms with Crippen LogP contribution in [0.25, 0.3) is 5.69 Å². The fourth-order valence-corrected chi connectivity index (χ4v) is 2.09. The summed E-state index contributed by atoms with van der Waals surface area (Å²) in [5.74, 6) is 0. The van der Waals surface area contributed by atoms with Gasteiger partial charge in [-0.1, -0.05) is 17.7 Å². The van der Waals surface area contributed by atoms with Gasteiger partial charge in [-0.05, 0) is 39.0 Å². The monoisotopic (exact) mass is 249 g/mol. The summed E-state index contributed by atoms with van der Waals surface area (Å²) in [4.78, 5) is 0. The fourth-order valence-electron chi connectivity index (χ4n) is 1.91. The maximum absolute atomic E-state index is 6.10. The van der Waals surface area contributed by atoms with Crippen molar-refractivity contribution in [3.8, 4) is 5.69 Å². The molecule has 0 aliphatic rings. The second kappa shape index (κ2) is 4.17. The molecule has 0 saturated heterocycles. The Balaban J connectivity index is 2.52. The molecule has 1 heterocycles. The van der Waals surface area contributed by atoms with Crippen molar-refractivity contribution in [3.05, 3.63) is 46.7 Å². The Hall–Kier alpha value is -1.32. The molecule has 0 radical (unpaired) electrons.